The first-order chi connectivity index (χ1) is 11.7. The minimum Gasteiger partial charge on any atom is -0.493 e. The van der Waals surface area contributed by atoms with Crippen LogP contribution >= 0.6 is 0 Å². The molecule has 3 aromatic rings. The Morgan fingerprint density at radius 1 is 1.25 bits per heavy atom. The van der Waals surface area contributed by atoms with E-state index in [1.165, 1.54) is 4.52 Å². The molecule has 8 nitrogen and oxygen atoms in total. The SMILES string of the molecule is COc1ccc(CCC(=O)Nc2nc3ncccn3n2)cc1OC. The minimum absolute atomic E-state index is 0.166. The lowest BCUT2D eigenvalue weighted by Crippen LogP contribution is -2.13. The maximum atomic E-state index is 12.1. The number of methoxy groups -OCH3 is 2. The maximum Gasteiger partial charge on any atom is 0.253 e. The first-order valence-corrected chi connectivity index (χ1v) is 7.38. The van der Waals surface area contributed by atoms with Gasteiger partial charge in [0.15, 0.2) is 11.5 Å². The highest BCUT2D eigenvalue weighted by atomic mass is 16.5. The largest absolute Gasteiger partial charge is 0.493 e. The van der Waals surface area contributed by atoms with Gasteiger partial charge in [-0.1, -0.05) is 6.07 Å². The van der Waals surface area contributed by atoms with E-state index in [0.717, 1.165) is 5.56 Å². The second-order valence-corrected chi connectivity index (χ2v) is 5.04. The van der Waals surface area contributed by atoms with E-state index in [-0.39, 0.29) is 11.9 Å². The number of carbonyl (C=O) groups is 1. The molecule has 0 spiro atoms. The van der Waals surface area contributed by atoms with Gasteiger partial charge in [-0.25, -0.2) is 9.50 Å². The van der Waals surface area contributed by atoms with Gasteiger partial charge in [-0.3, -0.25) is 10.1 Å². The minimum atomic E-state index is -0.166. The van der Waals surface area contributed by atoms with Crippen molar-refractivity contribution in [1.29, 1.82) is 0 Å². The van der Waals surface area contributed by atoms with Gasteiger partial charge in [0.1, 0.15) is 0 Å². The summed E-state index contributed by atoms with van der Waals surface area (Å²) in [6, 6.07) is 7.33. The van der Waals surface area contributed by atoms with E-state index in [1.807, 2.05) is 18.2 Å². The molecule has 1 amide bonds. The van der Waals surface area contributed by atoms with E-state index in [1.54, 1.807) is 32.7 Å². The van der Waals surface area contributed by atoms with Crippen molar-refractivity contribution in [3.8, 4) is 11.5 Å². The zero-order chi connectivity index (χ0) is 16.9. The van der Waals surface area contributed by atoms with Crippen molar-refractivity contribution in [2.24, 2.45) is 0 Å². The Hall–Kier alpha value is -3.16. The maximum absolute atomic E-state index is 12.1. The molecular weight excluding hydrogens is 310 g/mol. The van der Waals surface area contributed by atoms with Crippen LogP contribution in [-0.4, -0.2) is 39.7 Å². The molecule has 1 N–H and O–H groups in total. The van der Waals surface area contributed by atoms with Crippen molar-refractivity contribution in [3.63, 3.8) is 0 Å². The fourth-order valence-corrected chi connectivity index (χ4v) is 2.27. The van der Waals surface area contributed by atoms with E-state index >= 15 is 0 Å². The van der Waals surface area contributed by atoms with Crippen LogP contribution < -0.4 is 14.8 Å². The van der Waals surface area contributed by atoms with Gasteiger partial charge >= 0.3 is 0 Å². The molecule has 0 radical (unpaired) electrons. The van der Waals surface area contributed by atoms with E-state index in [2.05, 4.69) is 20.4 Å². The van der Waals surface area contributed by atoms with Gasteiger partial charge in [0.2, 0.25) is 5.91 Å². The lowest BCUT2D eigenvalue weighted by molar-refractivity contribution is -0.116. The number of ether oxygens (including phenoxy) is 2. The Balaban J connectivity index is 1.61. The lowest BCUT2D eigenvalue weighted by atomic mass is 10.1. The van der Waals surface area contributed by atoms with Crippen LogP contribution in [0.5, 0.6) is 11.5 Å². The summed E-state index contributed by atoms with van der Waals surface area (Å²) in [6.07, 6.45) is 4.21. The molecule has 0 aliphatic heterocycles. The summed E-state index contributed by atoms with van der Waals surface area (Å²) in [4.78, 5) is 20.2. The molecule has 0 bridgehead atoms. The van der Waals surface area contributed by atoms with E-state index in [0.29, 0.717) is 30.1 Å². The van der Waals surface area contributed by atoms with Gasteiger partial charge < -0.3 is 9.47 Å². The summed E-state index contributed by atoms with van der Waals surface area (Å²) >= 11 is 0. The number of hydrogen-bond donors (Lipinski definition) is 1. The number of nitrogens with zero attached hydrogens (tertiary/aromatic N) is 4. The zero-order valence-corrected chi connectivity index (χ0v) is 13.4. The van der Waals surface area contributed by atoms with Crippen molar-refractivity contribution in [1.82, 2.24) is 19.6 Å². The average Bonchev–Trinajstić information content (AvgIpc) is 3.01. The predicted molar refractivity (Wildman–Crippen MR) is 87.3 cm³/mol. The normalized spacial score (nSPS) is 10.6. The van der Waals surface area contributed by atoms with Gasteiger partial charge in [-0.05, 0) is 30.2 Å². The third-order valence-corrected chi connectivity index (χ3v) is 3.46. The molecule has 0 unspecified atom stereocenters. The smallest absolute Gasteiger partial charge is 0.253 e. The molecule has 0 saturated heterocycles. The molecule has 2 heterocycles. The van der Waals surface area contributed by atoms with Crippen LogP contribution in [0.25, 0.3) is 5.78 Å². The first-order valence-electron chi connectivity index (χ1n) is 7.38. The Bertz CT molecular complexity index is 829. The number of hydrogen-bond acceptors (Lipinski definition) is 6. The molecule has 8 heteroatoms. The highest BCUT2D eigenvalue weighted by Gasteiger charge is 2.10. The molecular formula is C16H17N5O3. The van der Waals surface area contributed by atoms with Crippen molar-refractivity contribution < 1.29 is 14.3 Å². The fourth-order valence-electron chi connectivity index (χ4n) is 2.27. The first kappa shape index (κ1) is 15.7. The van der Waals surface area contributed by atoms with Gasteiger partial charge in [0, 0.05) is 18.8 Å². The molecule has 0 saturated carbocycles. The summed E-state index contributed by atoms with van der Waals surface area (Å²) in [7, 11) is 3.17. The molecule has 0 aliphatic carbocycles. The molecule has 0 aliphatic rings. The lowest BCUT2D eigenvalue weighted by Gasteiger charge is -2.09. The number of fused-ring (bicyclic) bond motifs is 1. The highest BCUT2D eigenvalue weighted by molar-refractivity contribution is 5.89. The number of benzene rings is 1. The van der Waals surface area contributed by atoms with E-state index in [4.69, 9.17) is 9.47 Å². The van der Waals surface area contributed by atoms with Crippen LogP contribution in [-0.2, 0) is 11.2 Å². The Kier molecular flexibility index (Phi) is 4.55. The highest BCUT2D eigenvalue weighted by Crippen LogP contribution is 2.27. The van der Waals surface area contributed by atoms with Crippen molar-refractivity contribution in [3.05, 3.63) is 42.2 Å². The second kappa shape index (κ2) is 6.95. The molecule has 0 atom stereocenters. The molecule has 2 aromatic heterocycles. The Labute approximate surface area is 138 Å². The number of amides is 1. The third-order valence-electron chi connectivity index (χ3n) is 3.46. The average molecular weight is 327 g/mol. The quantitative estimate of drug-likeness (QED) is 0.741. The van der Waals surface area contributed by atoms with Gasteiger partial charge in [0.05, 0.1) is 14.2 Å². The van der Waals surface area contributed by atoms with Gasteiger partial charge in [0.25, 0.3) is 11.7 Å². The van der Waals surface area contributed by atoms with Crippen LogP contribution in [0.3, 0.4) is 0 Å². The number of carbonyl (C=O) groups excluding carboxylic acids is 1. The number of nitrogens with one attached hydrogen (secondary N) is 1. The Morgan fingerprint density at radius 3 is 2.83 bits per heavy atom. The summed E-state index contributed by atoms with van der Waals surface area (Å²) in [6.45, 7) is 0. The third kappa shape index (κ3) is 3.43. The summed E-state index contributed by atoms with van der Waals surface area (Å²) in [5.41, 5.74) is 0.979. The molecule has 0 fully saturated rings. The summed E-state index contributed by atoms with van der Waals surface area (Å²) in [5.74, 6) is 1.81. The molecule has 24 heavy (non-hydrogen) atoms. The van der Waals surface area contributed by atoms with Crippen molar-refractivity contribution >= 4 is 17.6 Å². The second-order valence-electron chi connectivity index (χ2n) is 5.04. The van der Waals surface area contributed by atoms with Crippen molar-refractivity contribution in [2.45, 2.75) is 12.8 Å². The van der Waals surface area contributed by atoms with Crippen LogP contribution in [0.2, 0.25) is 0 Å². The topological polar surface area (TPSA) is 90.6 Å². The fraction of sp³-hybridized carbons (Fsp3) is 0.250. The Morgan fingerprint density at radius 2 is 2.08 bits per heavy atom. The molecule has 124 valence electrons. The predicted octanol–water partition coefficient (Wildman–Crippen LogP) is 1.71. The number of aromatic nitrogens is 4. The van der Waals surface area contributed by atoms with Crippen LogP contribution in [0.4, 0.5) is 5.95 Å². The van der Waals surface area contributed by atoms with E-state index in [9.17, 15) is 4.79 Å². The van der Waals surface area contributed by atoms with Crippen LogP contribution in [0, 0.1) is 0 Å². The number of aryl methyl sites for hydroxylation is 1. The van der Waals surface area contributed by atoms with Crippen molar-refractivity contribution in [2.75, 3.05) is 19.5 Å². The van der Waals surface area contributed by atoms with Gasteiger partial charge in [-0.15, -0.1) is 5.10 Å². The summed E-state index contributed by atoms with van der Waals surface area (Å²) < 4.78 is 12.0. The monoisotopic (exact) mass is 327 g/mol. The van der Waals surface area contributed by atoms with Gasteiger partial charge in [-0.2, -0.15) is 4.98 Å². The van der Waals surface area contributed by atoms with Crippen LogP contribution in [0.15, 0.2) is 36.7 Å². The number of rotatable bonds is 6. The molecule has 1 aromatic carbocycles. The zero-order valence-electron chi connectivity index (χ0n) is 13.4. The summed E-state index contributed by atoms with van der Waals surface area (Å²) in [5, 5.41) is 6.81. The van der Waals surface area contributed by atoms with Crippen LogP contribution in [0.1, 0.15) is 12.0 Å². The molecule has 3 rings (SSSR count). The van der Waals surface area contributed by atoms with E-state index < -0.39 is 0 Å². The number of anilines is 1. The standard InChI is InChI=1S/C16H17N5O3/c1-23-12-6-4-11(10-13(12)24-2)5-7-14(22)18-15-19-16-17-8-3-9-21(16)20-15/h3-4,6,8-10H,5,7H2,1-2H3,(H,18,20,22).